The Morgan fingerprint density at radius 3 is 2.60 bits per heavy atom. The maximum absolute atomic E-state index is 12.3. The molecule has 3 atom stereocenters. The number of aromatic amines is 1. The molecule has 3 unspecified atom stereocenters. The van der Waals surface area contributed by atoms with Crippen LogP contribution in [0.1, 0.15) is 18.4 Å². The van der Waals surface area contributed by atoms with Crippen molar-refractivity contribution in [3.8, 4) is 11.5 Å². The molecule has 1 fully saturated rings. The van der Waals surface area contributed by atoms with Crippen LogP contribution in [0.4, 0.5) is 5.69 Å². The molecule has 0 radical (unpaired) electrons. The molecule has 1 aliphatic carbocycles. The highest BCUT2D eigenvalue weighted by Crippen LogP contribution is 2.31. The lowest BCUT2D eigenvalue weighted by Gasteiger charge is -2.25. The molecule has 4 rings (SSSR count). The Hall–Kier alpha value is -2.86. The molecule has 30 heavy (non-hydrogen) atoms. The average Bonchev–Trinajstić information content (AvgIpc) is 3.52. The Morgan fingerprint density at radius 1 is 1.20 bits per heavy atom. The van der Waals surface area contributed by atoms with Gasteiger partial charge < -0.3 is 30.3 Å². The highest BCUT2D eigenvalue weighted by Gasteiger charge is 2.28. The summed E-state index contributed by atoms with van der Waals surface area (Å²) in [5, 5.41) is 42.6. The van der Waals surface area contributed by atoms with Crippen LogP contribution in [0.25, 0.3) is 22.6 Å². The van der Waals surface area contributed by atoms with E-state index in [1.54, 1.807) is 12.1 Å². The van der Waals surface area contributed by atoms with Crippen molar-refractivity contribution in [1.82, 2.24) is 19.5 Å². The fourth-order valence-corrected chi connectivity index (χ4v) is 3.39. The third kappa shape index (κ3) is 3.79. The van der Waals surface area contributed by atoms with Crippen molar-refractivity contribution in [2.45, 2.75) is 50.7 Å². The van der Waals surface area contributed by atoms with Crippen LogP contribution >= 0.6 is 0 Å². The van der Waals surface area contributed by atoms with Crippen LogP contribution < -0.4 is 16.6 Å². The third-order valence-corrected chi connectivity index (χ3v) is 5.24. The topological polar surface area (TPSA) is 174 Å². The predicted molar refractivity (Wildman–Crippen MR) is 108 cm³/mol. The van der Waals surface area contributed by atoms with E-state index < -0.39 is 36.2 Å². The van der Waals surface area contributed by atoms with E-state index in [4.69, 9.17) is 5.11 Å². The van der Waals surface area contributed by atoms with Gasteiger partial charge in [0.2, 0.25) is 0 Å². The molecule has 1 aromatic rings. The highest BCUT2D eigenvalue weighted by atomic mass is 16.4. The number of hydrogen-bond donors (Lipinski definition) is 6. The van der Waals surface area contributed by atoms with E-state index in [1.165, 1.54) is 4.57 Å². The van der Waals surface area contributed by atoms with Crippen LogP contribution in [0.15, 0.2) is 21.7 Å². The molecule has 0 saturated heterocycles. The van der Waals surface area contributed by atoms with Gasteiger partial charge in [-0.2, -0.15) is 4.98 Å². The Balaban J connectivity index is 1.92. The second kappa shape index (κ2) is 7.76. The predicted octanol–water partition coefficient (Wildman–Crippen LogP) is -1.46. The molecule has 3 aliphatic rings. The summed E-state index contributed by atoms with van der Waals surface area (Å²) in [6.07, 6.45) is -2.59. The molecule has 0 bridgehead atoms. The zero-order valence-electron chi connectivity index (χ0n) is 16.2. The van der Waals surface area contributed by atoms with E-state index in [-0.39, 0.29) is 18.1 Å². The number of anilines is 1. The number of aliphatic hydroxyl groups is 4. The first-order chi connectivity index (χ1) is 14.3. The minimum atomic E-state index is -1.65. The van der Waals surface area contributed by atoms with Crippen LogP contribution in [-0.4, -0.2) is 70.9 Å². The second-order valence-corrected chi connectivity index (χ2v) is 7.65. The average molecular weight is 417 g/mol. The molecule has 11 heteroatoms. The molecule has 0 aromatic heterocycles. The van der Waals surface area contributed by atoms with Crippen molar-refractivity contribution in [2.24, 2.45) is 0 Å². The first-order valence-corrected chi connectivity index (χ1v) is 9.65. The normalized spacial score (nSPS) is 17.2. The molecule has 160 valence electrons. The molecule has 6 N–H and O–H groups in total. The molecular weight excluding hydrogens is 394 g/mol. The number of nitrogens with one attached hydrogen (secondary N) is 2. The van der Waals surface area contributed by atoms with Gasteiger partial charge in [-0.3, -0.25) is 9.78 Å². The first kappa shape index (κ1) is 20.4. The van der Waals surface area contributed by atoms with E-state index in [1.807, 2.05) is 6.92 Å². The van der Waals surface area contributed by atoms with Gasteiger partial charge in [0.15, 0.2) is 11.5 Å². The quantitative estimate of drug-likeness (QED) is 0.251. The number of hydrogen-bond acceptors (Lipinski definition) is 9. The molecule has 11 nitrogen and oxygen atoms in total. The summed E-state index contributed by atoms with van der Waals surface area (Å²) in [5.74, 6) is -0.0535. The van der Waals surface area contributed by atoms with E-state index in [9.17, 15) is 24.9 Å². The smallest absolute Gasteiger partial charge is 0.349 e. The van der Waals surface area contributed by atoms with Crippen LogP contribution in [0.3, 0.4) is 0 Å². The lowest BCUT2D eigenvalue weighted by atomic mass is 10.1. The highest BCUT2D eigenvalue weighted by molar-refractivity contribution is 5.84. The Bertz CT molecular complexity index is 1170. The number of aliphatic hydroxyl groups excluding tert-OH is 4. The minimum absolute atomic E-state index is 0.0535. The Labute approximate surface area is 170 Å². The monoisotopic (exact) mass is 417 g/mol. The maximum atomic E-state index is 12.3. The number of nitrogens with zero attached hydrogens (tertiary/aromatic N) is 3. The van der Waals surface area contributed by atoms with Gasteiger partial charge in [-0.15, -0.1) is 0 Å². The lowest BCUT2D eigenvalue weighted by molar-refractivity contribution is -0.0802. The Kier molecular flexibility index (Phi) is 5.28. The summed E-state index contributed by atoms with van der Waals surface area (Å²) in [7, 11) is 0. The van der Waals surface area contributed by atoms with E-state index >= 15 is 0 Å². The van der Waals surface area contributed by atoms with Gasteiger partial charge in [-0.25, -0.2) is 9.78 Å². The number of aromatic nitrogens is 4. The summed E-state index contributed by atoms with van der Waals surface area (Å²) in [5.41, 5.74) is 1.01. The van der Waals surface area contributed by atoms with E-state index in [0.717, 1.165) is 24.1 Å². The van der Waals surface area contributed by atoms with Gasteiger partial charge >= 0.3 is 5.69 Å². The number of benzene rings is 1. The van der Waals surface area contributed by atoms with Crippen molar-refractivity contribution in [1.29, 1.82) is 0 Å². The third-order valence-electron chi connectivity index (χ3n) is 5.24. The van der Waals surface area contributed by atoms with E-state index in [0.29, 0.717) is 17.1 Å². The van der Waals surface area contributed by atoms with Crippen molar-refractivity contribution in [3.05, 3.63) is 38.5 Å². The van der Waals surface area contributed by atoms with Crippen LogP contribution in [0.2, 0.25) is 0 Å². The lowest BCUT2D eigenvalue weighted by Crippen LogP contribution is -2.42. The molecule has 1 saturated carbocycles. The fourth-order valence-electron chi connectivity index (χ4n) is 3.39. The van der Waals surface area contributed by atoms with Gasteiger partial charge in [0.05, 0.1) is 24.2 Å². The molecular formula is C19H23N5O6. The van der Waals surface area contributed by atoms with Gasteiger partial charge in [-0.05, 0) is 37.5 Å². The summed E-state index contributed by atoms with van der Waals surface area (Å²) in [6.45, 7) is 0.868. The molecule has 0 amide bonds. The number of aryl methyl sites for hydroxylation is 1. The standard InChI is InChI=1S/C19H23N5O6/c1-8-4-11-12(5-10(8)20-9-2-3-9)24(6-13(26)16(28)14(27)7-25)17-15(21-11)18(29)23-19(30)22-17/h4-5,9,13-14,16,20,25-28H,2-3,6-7H2,1H3,(H,23,29,30). The number of H-pyrrole nitrogens is 1. The fraction of sp³-hybridized carbons (Fsp3) is 0.474. The van der Waals surface area contributed by atoms with Crippen molar-refractivity contribution >= 4 is 16.7 Å². The summed E-state index contributed by atoms with van der Waals surface area (Å²) in [4.78, 5) is 34.4. The summed E-state index contributed by atoms with van der Waals surface area (Å²) >= 11 is 0. The minimum Gasteiger partial charge on any atom is -0.394 e. The van der Waals surface area contributed by atoms with Crippen molar-refractivity contribution in [2.75, 3.05) is 11.9 Å². The molecule has 1 aromatic carbocycles. The molecule has 0 spiro atoms. The van der Waals surface area contributed by atoms with Crippen molar-refractivity contribution < 1.29 is 20.4 Å². The van der Waals surface area contributed by atoms with Crippen LogP contribution in [-0.2, 0) is 6.54 Å². The summed E-state index contributed by atoms with van der Waals surface area (Å²) in [6, 6.07) is 3.96. The van der Waals surface area contributed by atoms with Gasteiger partial charge in [0.25, 0.3) is 5.56 Å². The maximum Gasteiger partial charge on any atom is 0.349 e. The largest absolute Gasteiger partial charge is 0.394 e. The van der Waals surface area contributed by atoms with Crippen molar-refractivity contribution in [3.63, 3.8) is 0 Å². The zero-order chi connectivity index (χ0) is 21.6. The molecule has 2 heterocycles. The number of fused-ring (bicyclic) bond motifs is 2. The molecule has 2 aliphatic heterocycles. The van der Waals surface area contributed by atoms with Gasteiger partial charge in [0, 0.05) is 11.7 Å². The second-order valence-electron chi connectivity index (χ2n) is 7.65. The van der Waals surface area contributed by atoms with Gasteiger partial charge in [0.1, 0.15) is 18.3 Å². The SMILES string of the molecule is Cc1cc2nc3c(=O)[nH]c(=O)nc-3n(CC(O)C(O)C(O)CO)c2cc1NC1CC1. The van der Waals surface area contributed by atoms with Crippen LogP contribution in [0.5, 0.6) is 0 Å². The van der Waals surface area contributed by atoms with E-state index in [2.05, 4.69) is 20.3 Å². The van der Waals surface area contributed by atoms with Crippen LogP contribution in [0, 0.1) is 6.92 Å². The number of rotatable bonds is 7. The zero-order valence-corrected chi connectivity index (χ0v) is 16.2. The summed E-state index contributed by atoms with van der Waals surface area (Å²) < 4.78 is 1.42. The first-order valence-electron chi connectivity index (χ1n) is 9.65. The van der Waals surface area contributed by atoms with Gasteiger partial charge in [-0.1, -0.05) is 0 Å². The Morgan fingerprint density at radius 2 is 1.93 bits per heavy atom.